The molecule has 5 fully saturated rings. The third-order valence-corrected chi connectivity index (χ3v) is 17.7. The molecule has 1 saturated heterocycles. The molecule has 0 unspecified atom stereocenters. The molecule has 0 spiro atoms. The number of hydrogen-bond acceptors (Lipinski definition) is 16. The number of rotatable bonds is 18. The fourth-order valence-electron chi connectivity index (χ4n) is 11.1. The van der Waals surface area contributed by atoms with Gasteiger partial charge < -0.3 is 44.6 Å². The first-order chi connectivity index (χ1) is 41.5. The van der Waals surface area contributed by atoms with Gasteiger partial charge in [0.1, 0.15) is 10.0 Å². The first kappa shape index (κ1) is 63.4. The molecule has 460 valence electrons. The summed E-state index contributed by atoms with van der Waals surface area (Å²) in [5.74, 6) is 5.48. The minimum atomic E-state index is -0.753. The van der Waals surface area contributed by atoms with Gasteiger partial charge in [0.2, 0.25) is 41.5 Å². The minimum absolute atomic E-state index is 0.0195. The number of morpholine rings is 1. The monoisotopic (exact) mass is 1220 g/mol. The summed E-state index contributed by atoms with van der Waals surface area (Å²) in [6, 6.07) is 8.49. The van der Waals surface area contributed by atoms with Crippen LogP contribution in [0.15, 0.2) is 55.2 Å². The Kier molecular flexibility index (Phi) is 22.1. The first-order valence-electron chi connectivity index (χ1n) is 30.5. The van der Waals surface area contributed by atoms with E-state index in [1.807, 2.05) is 50.7 Å². The molecule has 1 aliphatic heterocycles. The lowest BCUT2D eigenvalue weighted by molar-refractivity contribution is 0.122. The lowest BCUT2D eigenvalue weighted by Crippen LogP contribution is -2.36. The second-order valence-corrected chi connectivity index (χ2v) is 25.4. The lowest BCUT2D eigenvalue weighted by Gasteiger charge is -2.28. The number of benzene rings is 1. The second-order valence-electron chi connectivity index (χ2n) is 24.6. The van der Waals surface area contributed by atoms with Crippen molar-refractivity contribution < 1.29 is 23.3 Å². The molecule has 23 heteroatoms. The van der Waals surface area contributed by atoms with E-state index in [2.05, 4.69) is 104 Å². The molecule has 6 heterocycles. The smallest absolute Gasteiger partial charge is 0.319 e. The maximum Gasteiger partial charge on any atom is 0.319 e. The standard InChI is InChI=1S/C22H29FN4O2.C21H27ClN6O.C20H27ClN6O/c1-16-2-4-17(5-3-16)15-29-21-20(23)14-24-22(26-21)25-18-6-8-19(9-7-18)27-10-12-28-13-11-27;1-13-4-6-15(7-5-13)12-29-20-18(22)10-24-21(26-20)25-19-11-28(27-14(19)2)17-8-16(9-17)23-3;1-13-6-8-15(9-7-13)12-28-18-16(21)10-23-19(25-18)24-17-11-27(26-14(17)2)20(3,4)22-5/h6-9,14,16-17H,2-5,10-13,15H2,1H3,(H,24,25,26);10-11,13,15-17H,4-9,12H2,1-2H3,(H,24,25,26);10-11,13,15H,6-9,12H2,1-4H3,(H,23,24,25). The van der Waals surface area contributed by atoms with Crippen molar-refractivity contribution in [1.82, 2.24) is 49.5 Å². The van der Waals surface area contributed by atoms with E-state index >= 15 is 0 Å². The van der Waals surface area contributed by atoms with Crippen LogP contribution in [0.2, 0.25) is 10.0 Å². The van der Waals surface area contributed by atoms with E-state index in [0.717, 1.165) is 110 Å². The highest BCUT2D eigenvalue weighted by molar-refractivity contribution is 6.32. The summed E-state index contributed by atoms with van der Waals surface area (Å²) in [6.45, 7) is 33.8. The molecule has 86 heavy (non-hydrogen) atoms. The van der Waals surface area contributed by atoms with Crippen LogP contribution in [-0.4, -0.2) is 102 Å². The molecule has 0 amide bonds. The summed E-state index contributed by atoms with van der Waals surface area (Å²) < 4.78 is 40.6. The zero-order valence-corrected chi connectivity index (χ0v) is 52.3. The largest absolute Gasteiger partial charge is 0.476 e. The van der Waals surface area contributed by atoms with Crippen LogP contribution in [0, 0.1) is 68.3 Å². The third-order valence-electron chi connectivity index (χ3n) is 17.2. The number of nitrogens with one attached hydrogen (secondary N) is 3. The van der Waals surface area contributed by atoms with Gasteiger partial charge in [-0.3, -0.25) is 9.53 Å². The number of ether oxygens (including phenoxy) is 4. The van der Waals surface area contributed by atoms with Gasteiger partial charge in [0.15, 0.2) is 0 Å². The molecule has 4 aliphatic carbocycles. The van der Waals surface area contributed by atoms with Gasteiger partial charge in [0.05, 0.1) is 86.6 Å². The van der Waals surface area contributed by atoms with E-state index in [4.69, 9.17) is 55.3 Å². The Bertz CT molecular complexity index is 3220. The topological polar surface area (TPSA) is 198 Å². The van der Waals surface area contributed by atoms with Crippen LogP contribution in [0.3, 0.4) is 0 Å². The van der Waals surface area contributed by atoms with E-state index in [1.165, 1.54) is 70.4 Å². The molecule has 0 atom stereocenters. The number of aromatic nitrogens is 10. The highest BCUT2D eigenvalue weighted by atomic mass is 35.5. The molecule has 5 aliphatic rings. The van der Waals surface area contributed by atoms with Gasteiger partial charge >= 0.3 is 5.66 Å². The fraction of sp³-hybridized carbons (Fsp3) is 0.587. The molecule has 6 aromatic rings. The lowest BCUT2D eigenvalue weighted by atomic mass is 9.83. The normalized spacial score (nSPS) is 22.9. The fourth-order valence-corrected chi connectivity index (χ4v) is 11.4. The van der Waals surface area contributed by atoms with Crippen LogP contribution in [0.25, 0.3) is 9.69 Å². The Morgan fingerprint density at radius 2 is 1.08 bits per heavy atom. The molecule has 0 bridgehead atoms. The summed E-state index contributed by atoms with van der Waals surface area (Å²) in [7, 11) is 0. The zero-order valence-electron chi connectivity index (χ0n) is 50.7. The van der Waals surface area contributed by atoms with E-state index < -0.39 is 11.5 Å². The van der Waals surface area contributed by atoms with Gasteiger partial charge in [0.25, 0.3) is 5.88 Å². The molecule has 0 radical (unpaired) electrons. The van der Waals surface area contributed by atoms with E-state index in [9.17, 15) is 4.39 Å². The van der Waals surface area contributed by atoms with E-state index in [0.29, 0.717) is 83.3 Å². The molecular formula is C63H83Cl2FN16O4. The first-order valence-corrected chi connectivity index (χ1v) is 31.3. The van der Waals surface area contributed by atoms with Crippen molar-refractivity contribution in [3.63, 3.8) is 0 Å². The average molecular weight is 1220 g/mol. The quantitative estimate of drug-likeness (QED) is 0.0686. The van der Waals surface area contributed by atoms with Crippen molar-refractivity contribution >= 4 is 63.8 Å². The number of halogens is 3. The summed E-state index contributed by atoms with van der Waals surface area (Å²) in [4.78, 5) is 35.2. The summed E-state index contributed by atoms with van der Waals surface area (Å²) >= 11 is 12.5. The molecular weight excluding hydrogens is 1130 g/mol. The maximum absolute atomic E-state index is 14.1. The highest BCUT2D eigenvalue weighted by Gasteiger charge is 2.36. The van der Waals surface area contributed by atoms with E-state index in [1.54, 1.807) is 17.1 Å². The molecule has 3 N–H and O–H groups in total. The zero-order chi connectivity index (χ0) is 60.7. The van der Waals surface area contributed by atoms with Crippen molar-refractivity contribution in [3.8, 4) is 17.6 Å². The Morgan fingerprint density at radius 1 is 0.628 bits per heavy atom. The molecule has 1 aromatic carbocycles. The number of aryl methyl sites for hydroxylation is 2. The van der Waals surface area contributed by atoms with Gasteiger partial charge in [-0.05, 0) is 112 Å². The number of hydrogen-bond donors (Lipinski definition) is 3. The van der Waals surface area contributed by atoms with Crippen molar-refractivity contribution in [2.75, 3.05) is 67.0 Å². The van der Waals surface area contributed by atoms with Crippen molar-refractivity contribution in [2.24, 2.45) is 35.5 Å². The van der Waals surface area contributed by atoms with Gasteiger partial charge in [-0.2, -0.15) is 34.2 Å². The van der Waals surface area contributed by atoms with Crippen LogP contribution in [0.5, 0.6) is 17.6 Å². The summed E-state index contributed by atoms with van der Waals surface area (Å²) in [5.41, 5.74) is 4.47. The van der Waals surface area contributed by atoms with Crippen LogP contribution in [0.1, 0.15) is 142 Å². The Hall–Kier alpha value is -7.07. The van der Waals surface area contributed by atoms with Crippen LogP contribution in [-0.2, 0) is 10.4 Å². The highest BCUT2D eigenvalue weighted by Crippen LogP contribution is 2.37. The molecule has 11 rings (SSSR count). The summed E-state index contributed by atoms with van der Waals surface area (Å²) in [6.07, 6.45) is 24.2. The Balaban J connectivity index is 0.000000154. The Labute approximate surface area is 515 Å². The van der Waals surface area contributed by atoms with Crippen molar-refractivity contribution in [3.05, 3.63) is 105 Å². The second kappa shape index (κ2) is 30.0. The van der Waals surface area contributed by atoms with Gasteiger partial charge in [-0.25, -0.2) is 28.1 Å². The SMILES string of the molecule is CC1CCC(COc2nc(Nc3ccc(N4CCOCC4)cc3)ncc2F)CC1.[C-]#[N+]C(C)(C)n1cc(Nc2ncc(Cl)c(OCC3CCC(C)CC3)n2)c(C)n1.[C-]#[N+]C1CC(n2cc(Nc3ncc(Cl)c(OCC4CCC(C)CC4)n3)c(C)n2)C1. The average Bonchev–Trinajstić information content (AvgIpc) is 3.97. The van der Waals surface area contributed by atoms with E-state index in [-0.39, 0.29) is 11.9 Å². The van der Waals surface area contributed by atoms with Crippen LogP contribution >= 0.6 is 23.2 Å². The van der Waals surface area contributed by atoms with Crippen LogP contribution in [0.4, 0.5) is 45.0 Å². The molecule has 20 nitrogen and oxygen atoms in total. The minimum Gasteiger partial charge on any atom is -0.476 e. The predicted octanol–water partition coefficient (Wildman–Crippen LogP) is 14.8. The molecule has 4 saturated carbocycles. The number of nitrogens with zero attached hydrogens (tertiary/aromatic N) is 13. The van der Waals surface area contributed by atoms with Crippen LogP contribution < -0.4 is 35.1 Å². The number of anilines is 7. The Morgan fingerprint density at radius 3 is 1.58 bits per heavy atom. The molecule has 5 aromatic heterocycles. The van der Waals surface area contributed by atoms with Crippen molar-refractivity contribution in [2.45, 2.75) is 156 Å². The summed E-state index contributed by atoms with van der Waals surface area (Å²) in [5, 5.41) is 19.3. The van der Waals surface area contributed by atoms with Gasteiger partial charge in [-0.15, -0.1) is 0 Å². The van der Waals surface area contributed by atoms with Gasteiger partial charge in [0, 0.05) is 57.4 Å². The van der Waals surface area contributed by atoms with Gasteiger partial charge in [-0.1, -0.05) is 82.5 Å². The van der Waals surface area contributed by atoms with Crippen molar-refractivity contribution in [1.29, 1.82) is 0 Å². The maximum atomic E-state index is 14.1. The third kappa shape index (κ3) is 17.8. The predicted molar refractivity (Wildman–Crippen MR) is 334 cm³/mol.